The van der Waals surface area contributed by atoms with Gasteiger partial charge in [0.15, 0.2) is 17.3 Å². The van der Waals surface area contributed by atoms with Crippen LogP contribution in [0.5, 0.6) is 5.75 Å². The van der Waals surface area contributed by atoms with E-state index in [1.807, 2.05) is 0 Å². The van der Waals surface area contributed by atoms with Gasteiger partial charge in [0.1, 0.15) is 0 Å². The number of carbonyl (C=O) groups is 1. The van der Waals surface area contributed by atoms with Gasteiger partial charge in [-0.1, -0.05) is 0 Å². The first kappa shape index (κ1) is 12.5. The molecule has 0 radical (unpaired) electrons. The Bertz CT molecular complexity index is 424. The molecule has 88 valence electrons. The van der Waals surface area contributed by atoms with E-state index in [1.165, 1.54) is 0 Å². The van der Waals surface area contributed by atoms with Crippen LogP contribution in [0.2, 0.25) is 0 Å². The molecule has 16 heavy (non-hydrogen) atoms. The Balaban J connectivity index is 3.46. The van der Waals surface area contributed by atoms with Gasteiger partial charge in [-0.3, -0.25) is 4.79 Å². The predicted octanol–water partition coefficient (Wildman–Crippen LogP) is 3.06. The number of methoxy groups -OCH3 is 1. The van der Waals surface area contributed by atoms with E-state index in [2.05, 4.69) is 4.74 Å². The average molecular weight is 236 g/mol. The molecule has 0 amide bonds. The van der Waals surface area contributed by atoms with Crippen LogP contribution in [0.4, 0.5) is 17.6 Å². The summed E-state index contributed by atoms with van der Waals surface area (Å²) in [7, 11) is 1.00. The third-order valence-corrected chi connectivity index (χ3v) is 1.99. The molecule has 0 aliphatic rings. The van der Waals surface area contributed by atoms with E-state index in [9.17, 15) is 22.4 Å². The van der Waals surface area contributed by atoms with Crippen LogP contribution in [0.15, 0.2) is 12.1 Å². The Morgan fingerprint density at radius 2 is 1.88 bits per heavy atom. The number of Topliss-reactive ketones (excluding diaryl/α,β-unsaturated/α-hetero) is 1. The van der Waals surface area contributed by atoms with E-state index in [-0.39, 0.29) is 5.56 Å². The fourth-order valence-electron chi connectivity index (χ4n) is 1.25. The quantitative estimate of drug-likeness (QED) is 0.582. The van der Waals surface area contributed by atoms with Crippen molar-refractivity contribution in [2.45, 2.75) is 13.1 Å². The van der Waals surface area contributed by atoms with Crippen molar-refractivity contribution in [3.63, 3.8) is 0 Å². The van der Waals surface area contributed by atoms with Gasteiger partial charge in [-0.25, -0.2) is 4.39 Å². The molecular weight excluding hydrogens is 228 g/mol. The second-order valence-corrected chi connectivity index (χ2v) is 3.06. The number of ether oxygens (including phenoxy) is 1. The van der Waals surface area contributed by atoms with Crippen LogP contribution in [0.1, 0.15) is 22.8 Å². The second kappa shape index (κ2) is 4.11. The number of rotatable bonds is 2. The molecule has 0 atom stereocenters. The molecule has 0 heterocycles. The fourth-order valence-corrected chi connectivity index (χ4v) is 1.25. The monoisotopic (exact) mass is 236 g/mol. The lowest BCUT2D eigenvalue weighted by atomic mass is 10.1. The van der Waals surface area contributed by atoms with E-state index in [1.54, 1.807) is 0 Å². The zero-order chi connectivity index (χ0) is 12.5. The molecule has 1 aromatic rings. The van der Waals surface area contributed by atoms with Crippen LogP contribution in [0.3, 0.4) is 0 Å². The first-order chi connectivity index (χ1) is 7.29. The first-order valence-corrected chi connectivity index (χ1v) is 4.23. The maximum atomic E-state index is 13.4. The van der Waals surface area contributed by atoms with E-state index in [0.717, 1.165) is 20.1 Å². The molecule has 0 unspecified atom stereocenters. The minimum atomic E-state index is -4.81. The predicted molar refractivity (Wildman–Crippen MR) is 48.0 cm³/mol. The summed E-state index contributed by atoms with van der Waals surface area (Å²) in [5, 5.41) is 0. The summed E-state index contributed by atoms with van der Waals surface area (Å²) in [6.45, 7) is 1.12. The highest BCUT2D eigenvalue weighted by molar-refractivity contribution is 5.97. The summed E-state index contributed by atoms with van der Waals surface area (Å²) in [6, 6.07) is 1.42. The van der Waals surface area contributed by atoms with Gasteiger partial charge in [0.05, 0.1) is 18.2 Å². The average Bonchev–Trinajstić information content (AvgIpc) is 2.14. The smallest absolute Gasteiger partial charge is 0.419 e. The van der Waals surface area contributed by atoms with Gasteiger partial charge < -0.3 is 4.74 Å². The summed E-state index contributed by atoms with van der Waals surface area (Å²) in [6.07, 6.45) is -4.81. The van der Waals surface area contributed by atoms with E-state index in [0.29, 0.717) is 6.07 Å². The van der Waals surface area contributed by atoms with Crippen molar-refractivity contribution in [1.82, 2.24) is 0 Å². The molecular formula is C10H8F4O2. The first-order valence-electron chi connectivity index (χ1n) is 4.23. The minimum absolute atomic E-state index is 0.215. The van der Waals surface area contributed by atoms with Crippen molar-refractivity contribution in [3.8, 4) is 5.75 Å². The maximum Gasteiger partial charge on any atom is 0.419 e. The van der Waals surface area contributed by atoms with Gasteiger partial charge in [0.2, 0.25) is 0 Å². The van der Waals surface area contributed by atoms with Crippen LogP contribution in [0, 0.1) is 5.82 Å². The standard InChI is InChI=1S/C10H8F4O2/c1-5(15)6-3-4-7(10(12,13)14)8(11)9(6)16-2/h3-4H,1-2H3. The number of carbonyl (C=O) groups excluding carboxylic acids is 1. The van der Waals surface area contributed by atoms with Crippen LogP contribution in [-0.4, -0.2) is 12.9 Å². The van der Waals surface area contributed by atoms with Crippen molar-refractivity contribution in [3.05, 3.63) is 29.1 Å². The number of hydrogen-bond donors (Lipinski definition) is 0. The largest absolute Gasteiger partial charge is 0.493 e. The van der Waals surface area contributed by atoms with Crippen LogP contribution in [-0.2, 0) is 6.18 Å². The molecule has 0 aliphatic heterocycles. The van der Waals surface area contributed by atoms with Crippen molar-refractivity contribution < 1.29 is 27.1 Å². The molecule has 0 N–H and O–H groups in total. The topological polar surface area (TPSA) is 26.3 Å². The third kappa shape index (κ3) is 2.15. The number of halogens is 4. The summed E-state index contributed by atoms with van der Waals surface area (Å²) in [5.41, 5.74) is -1.66. The van der Waals surface area contributed by atoms with Crippen LogP contribution >= 0.6 is 0 Å². The maximum absolute atomic E-state index is 13.4. The summed E-state index contributed by atoms with van der Waals surface area (Å²) >= 11 is 0. The molecule has 0 aliphatic carbocycles. The van der Waals surface area contributed by atoms with Crippen molar-refractivity contribution >= 4 is 5.78 Å². The Morgan fingerprint density at radius 1 is 1.31 bits per heavy atom. The number of alkyl halides is 3. The molecule has 0 fully saturated rings. The van der Waals surface area contributed by atoms with Gasteiger partial charge >= 0.3 is 6.18 Å². The zero-order valence-corrected chi connectivity index (χ0v) is 8.48. The van der Waals surface area contributed by atoms with E-state index < -0.39 is 29.1 Å². The fraction of sp³-hybridized carbons (Fsp3) is 0.300. The molecule has 1 rings (SSSR count). The lowest BCUT2D eigenvalue weighted by Crippen LogP contribution is -2.11. The molecule has 0 saturated carbocycles. The van der Waals surface area contributed by atoms with E-state index in [4.69, 9.17) is 0 Å². The summed E-state index contributed by atoms with van der Waals surface area (Å²) < 4.78 is 54.8. The highest BCUT2D eigenvalue weighted by Crippen LogP contribution is 2.36. The molecule has 1 aromatic carbocycles. The molecule has 0 spiro atoms. The SMILES string of the molecule is COc1c(C(C)=O)ccc(C(F)(F)F)c1F. The van der Waals surface area contributed by atoms with Crippen LogP contribution < -0.4 is 4.74 Å². The number of ketones is 1. The number of hydrogen-bond acceptors (Lipinski definition) is 2. The Kier molecular flexibility index (Phi) is 3.21. The Hall–Kier alpha value is -1.59. The minimum Gasteiger partial charge on any atom is -0.493 e. The van der Waals surface area contributed by atoms with Crippen molar-refractivity contribution in [1.29, 1.82) is 0 Å². The normalized spacial score (nSPS) is 11.4. The second-order valence-electron chi connectivity index (χ2n) is 3.06. The van der Waals surface area contributed by atoms with Gasteiger partial charge in [0, 0.05) is 0 Å². The van der Waals surface area contributed by atoms with Crippen molar-refractivity contribution in [2.75, 3.05) is 7.11 Å². The van der Waals surface area contributed by atoms with Gasteiger partial charge in [-0.2, -0.15) is 13.2 Å². The van der Waals surface area contributed by atoms with Crippen LogP contribution in [0.25, 0.3) is 0 Å². The molecule has 0 bridgehead atoms. The highest BCUT2D eigenvalue weighted by atomic mass is 19.4. The third-order valence-electron chi connectivity index (χ3n) is 1.99. The Labute approximate surface area is 88.8 Å². The lowest BCUT2D eigenvalue weighted by Gasteiger charge is -2.12. The molecule has 0 aromatic heterocycles. The van der Waals surface area contributed by atoms with Crippen molar-refractivity contribution in [2.24, 2.45) is 0 Å². The molecule has 0 saturated heterocycles. The lowest BCUT2D eigenvalue weighted by molar-refractivity contribution is -0.140. The Morgan fingerprint density at radius 3 is 2.25 bits per heavy atom. The van der Waals surface area contributed by atoms with Gasteiger partial charge in [0.25, 0.3) is 0 Å². The highest BCUT2D eigenvalue weighted by Gasteiger charge is 2.36. The molecule has 6 heteroatoms. The summed E-state index contributed by atoms with van der Waals surface area (Å²) in [4.78, 5) is 11.0. The molecule has 2 nitrogen and oxygen atoms in total. The van der Waals surface area contributed by atoms with Gasteiger partial charge in [-0.05, 0) is 19.1 Å². The zero-order valence-electron chi connectivity index (χ0n) is 8.48. The van der Waals surface area contributed by atoms with E-state index >= 15 is 0 Å². The number of benzene rings is 1. The summed E-state index contributed by atoms with van der Waals surface area (Å²) in [5.74, 6) is -2.81. The van der Waals surface area contributed by atoms with Gasteiger partial charge in [-0.15, -0.1) is 0 Å².